The lowest BCUT2D eigenvalue weighted by Crippen LogP contribution is -2.34. The highest BCUT2D eigenvalue weighted by atomic mass is 35.5. The van der Waals surface area contributed by atoms with Crippen molar-refractivity contribution >= 4 is 40.0 Å². The first-order chi connectivity index (χ1) is 12.4. The number of rotatable bonds is 6. The molecule has 1 aromatic heterocycles. The normalized spacial score (nSPS) is 21.3. The van der Waals surface area contributed by atoms with Crippen molar-refractivity contribution in [1.29, 1.82) is 0 Å². The predicted octanol–water partition coefficient (Wildman–Crippen LogP) is 2.75. The molecule has 1 aromatic carbocycles. The van der Waals surface area contributed by atoms with Gasteiger partial charge in [0, 0.05) is 29.2 Å². The number of hydrogen-bond acceptors (Lipinski definition) is 4. The number of nitrogens with zero attached hydrogens (tertiary/aromatic N) is 2. The van der Waals surface area contributed by atoms with E-state index in [4.69, 9.17) is 17.3 Å². The smallest absolute Gasteiger partial charge is 0.254 e. The Morgan fingerprint density at radius 1 is 1.27 bits per heavy atom. The van der Waals surface area contributed by atoms with Gasteiger partial charge in [0.15, 0.2) is 5.82 Å². The number of anilines is 2. The predicted molar refractivity (Wildman–Crippen MR) is 104 cm³/mol. The summed E-state index contributed by atoms with van der Waals surface area (Å²) in [4.78, 5) is 11.8. The number of hydrogen-bond donors (Lipinski definition) is 3. The van der Waals surface area contributed by atoms with Gasteiger partial charge in [-0.2, -0.15) is 5.10 Å². The van der Waals surface area contributed by atoms with Crippen molar-refractivity contribution < 1.29 is 9.00 Å². The second-order valence-electron chi connectivity index (χ2n) is 6.44. The molecule has 1 atom stereocenters. The van der Waals surface area contributed by atoms with Gasteiger partial charge < -0.3 is 11.1 Å². The molecule has 0 radical (unpaired) electrons. The minimum atomic E-state index is -1.00. The van der Waals surface area contributed by atoms with Crippen LogP contribution in [-0.2, 0) is 11.0 Å². The Morgan fingerprint density at radius 3 is 2.50 bits per heavy atom. The van der Waals surface area contributed by atoms with Gasteiger partial charge in [-0.3, -0.25) is 9.48 Å². The Morgan fingerprint density at radius 2 is 1.92 bits per heavy atom. The van der Waals surface area contributed by atoms with Gasteiger partial charge in [-0.05, 0) is 49.9 Å². The minimum absolute atomic E-state index is 0.192. The van der Waals surface area contributed by atoms with E-state index in [1.807, 2.05) is 16.8 Å². The van der Waals surface area contributed by atoms with Gasteiger partial charge in [-0.15, -0.1) is 0 Å². The van der Waals surface area contributed by atoms with Crippen LogP contribution < -0.4 is 15.8 Å². The maximum Gasteiger partial charge on any atom is 0.254 e. The monoisotopic (exact) mass is 395 g/mol. The third-order valence-electron chi connectivity index (χ3n) is 4.51. The largest absolute Gasteiger partial charge is 0.365 e. The summed E-state index contributed by atoms with van der Waals surface area (Å²) < 4.78 is 16.2. The molecule has 0 spiro atoms. The van der Waals surface area contributed by atoms with Crippen LogP contribution in [0.1, 0.15) is 42.1 Å². The molecule has 140 valence electrons. The van der Waals surface area contributed by atoms with E-state index < -0.39 is 16.9 Å². The number of carbonyl (C=O) groups excluding carboxylic acids is 1. The van der Waals surface area contributed by atoms with E-state index >= 15 is 0 Å². The Bertz CT molecular complexity index is 800. The lowest BCUT2D eigenvalue weighted by molar-refractivity contribution is 0.100. The maximum atomic E-state index is 11.8. The van der Waals surface area contributed by atoms with E-state index in [0.29, 0.717) is 16.4 Å². The molecule has 9 heteroatoms. The molecule has 1 fully saturated rings. The molecule has 0 bridgehead atoms. The topological polar surface area (TPSA) is 102 Å². The molecule has 1 aliphatic carbocycles. The quantitative estimate of drug-likeness (QED) is 0.699. The van der Waals surface area contributed by atoms with Crippen LogP contribution in [0.15, 0.2) is 30.5 Å². The van der Waals surface area contributed by atoms with Crippen molar-refractivity contribution in [3.8, 4) is 0 Å². The summed E-state index contributed by atoms with van der Waals surface area (Å²) in [6, 6.07) is 7.60. The number of halogens is 1. The van der Waals surface area contributed by atoms with Crippen molar-refractivity contribution in [2.45, 2.75) is 37.8 Å². The van der Waals surface area contributed by atoms with Gasteiger partial charge in [0.25, 0.3) is 5.91 Å². The average Bonchev–Trinajstić information content (AvgIpc) is 3.01. The van der Waals surface area contributed by atoms with Crippen molar-refractivity contribution in [2.75, 3.05) is 11.6 Å². The second kappa shape index (κ2) is 8.20. The fourth-order valence-electron chi connectivity index (χ4n) is 3.21. The summed E-state index contributed by atoms with van der Waals surface area (Å²) in [5.41, 5.74) is 6.65. The Kier molecular flexibility index (Phi) is 5.95. The summed E-state index contributed by atoms with van der Waals surface area (Å²) in [7, 11) is -1.00. The molecule has 3 rings (SSSR count). The summed E-state index contributed by atoms with van der Waals surface area (Å²) in [5, 5.41) is 8.32. The third-order valence-corrected chi connectivity index (χ3v) is 5.43. The van der Waals surface area contributed by atoms with Gasteiger partial charge in [-0.1, -0.05) is 11.6 Å². The molecule has 1 unspecified atom stereocenters. The molecular formula is C17H22ClN5O2S. The van der Waals surface area contributed by atoms with Crippen LogP contribution in [0.3, 0.4) is 0 Å². The Balaban J connectivity index is 1.74. The first kappa shape index (κ1) is 18.9. The molecule has 4 N–H and O–H groups in total. The van der Waals surface area contributed by atoms with Crippen LogP contribution in [-0.4, -0.2) is 32.2 Å². The molecule has 1 aliphatic rings. The van der Waals surface area contributed by atoms with Crippen LogP contribution in [0.5, 0.6) is 0 Å². The van der Waals surface area contributed by atoms with E-state index in [9.17, 15) is 9.00 Å². The van der Waals surface area contributed by atoms with E-state index in [2.05, 4.69) is 15.1 Å². The summed E-state index contributed by atoms with van der Waals surface area (Å²) in [6.45, 7) is 0. The van der Waals surface area contributed by atoms with Gasteiger partial charge in [0.1, 0.15) is 5.56 Å². The van der Waals surface area contributed by atoms with Gasteiger partial charge in [0.05, 0.1) is 17.0 Å². The molecule has 7 nitrogen and oxygen atoms in total. The van der Waals surface area contributed by atoms with Gasteiger partial charge >= 0.3 is 0 Å². The highest BCUT2D eigenvalue weighted by molar-refractivity contribution is 7.82. The number of amides is 1. The zero-order valence-electron chi connectivity index (χ0n) is 14.4. The van der Waals surface area contributed by atoms with Crippen LogP contribution in [0.2, 0.25) is 5.02 Å². The van der Waals surface area contributed by atoms with Crippen molar-refractivity contribution in [3.63, 3.8) is 0 Å². The van der Waals surface area contributed by atoms with Gasteiger partial charge in [-0.25, -0.2) is 8.93 Å². The number of benzene rings is 1. The SMILES string of the molecule is CS(=O)NC1CCC(n2cc(C(N)=O)c(Nc3ccc(Cl)cc3)n2)CC1. The molecule has 1 heterocycles. The van der Waals surface area contributed by atoms with E-state index in [1.54, 1.807) is 24.6 Å². The van der Waals surface area contributed by atoms with Crippen molar-refractivity contribution in [3.05, 3.63) is 41.0 Å². The molecule has 0 aliphatic heterocycles. The fourth-order valence-corrected chi connectivity index (χ4v) is 4.05. The molecule has 26 heavy (non-hydrogen) atoms. The average molecular weight is 396 g/mol. The molecular weight excluding hydrogens is 374 g/mol. The fraction of sp³-hybridized carbons (Fsp3) is 0.412. The van der Waals surface area contributed by atoms with Crippen LogP contribution in [0.4, 0.5) is 11.5 Å². The molecule has 1 saturated carbocycles. The van der Waals surface area contributed by atoms with E-state index in [0.717, 1.165) is 31.4 Å². The highest BCUT2D eigenvalue weighted by Crippen LogP contribution is 2.30. The third kappa shape index (κ3) is 4.63. The van der Waals surface area contributed by atoms with Crippen LogP contribution in [0.25, 0.3) is 0 Å². The van der Waals surface area contributed by atoms with Gasteiger partial charge in [0.2, 0.25) is 0 Å². The standard InChI is InChI=1S/C17H22ClN5O2S/c1-26(25)22-13-6-8-14(9-7-13)23-10-15(16(19)24)17(21-23)20-12-4-2-11(18)3-5-12/h2-5,10,13-14,22H,6-9H2,1H3,(H2,19,24)(H,20,21). The first-order valence-corrected chi connectivity index (χ1v) is 10.4. The number of nitrogens with two attached hydrogens (primary N) is 1. The molecule has 0 saturated heterocycles. The summed E-state index contributed by atoms with van der Waals surface area (Å²) in [6.07, 6.45) is 6.97. The van der Waals surface area contributed by atoms with Crippen LogP contribution in [0, 0.1) is 0 Å². The Labute approximate surface area is 159 Å². The zero-order valence-corrected chi connectivity index (χ0v) is 16.0. The van der Waals surface area contributed by atoms with Crippen LogP contribution >= 0.6 is 11.6 Å². The number of aromatic nitrogens is 2. The lowest BCUT2D eigenvalue weighted by atomic mass is 9.92. The zero-order chi connectivity index (χ0) is 18.7. The van der Waals surface area contributed by atoms with Crippen molar-refractivity contribution in [1.82, 2.24) is 14.5 Å². The second-order valence-corrected chi connectivity index (χ2v) is 8.03. The molecule has 2 aromatic rings. The number of carbonyl (C=O) groups is 1. The first-order valence-electron chi connectivity index (χ1n) is 8.43. The Hall–Kier alpha value is -1.90. The summed E-state index contributed by atoms with van der Waals surface area (Å²) >= 11 is 5.90. The van der Waals surface area contributed by atoms with E-state index in [1.165, 1.54) is 0 Å². The number of nitrogens with one attached hydrogen (secondary N) is 2. The lowest BCUT2D eigenvalue weighted by Gasteiger charge is -2.28. The minimum Gasteiger partial charge on any atom is -0.365 e. The maximum absolute atomic E-state index is 11.8. The van der Waals surface area contributed by atoms with Crippen molar-refractivity contribution in [2.24, 2.45) is 5.73 Å². The number of primary amides is 1. The molecule has 1 amide bonds. The van der Waals surface area contributed by atoms with E-state index in [-0.39, 0.29) is 12.1 Å². The summed E-state index contributed by atoms with van der Waals surface area (Å²) in [5.74, 6) is -0.0841. The highest BCUT2D eigenvalue weighted by Gasteiger charge is 2.25.